The second-order valence-corrected chi connectivity index (χ2v) is 8.04. The van der Waals surface area contributed by atoms with Gasteiger partial charge in [-0.25, -0.2) is 4.98 Å². The van der Waals surface area contributed by atoms with Crippen LogP contribution < -0.4 is 15.8 Å². The Balaban J connectivity index is 1.71. The summed E-state index contributed by atoms with van der Waals surface area (Å²) >= 11 is 0. The SMILES string of the molecule is CNC(=O)/C(C#N)=C/c1c(N2CCN(Cc3ccccc3)CC2)nc2c(C)cccn2c1=O. The summed E-state index contributed by atoms with van der Waals surface area (Å²) in [5.74, 6) is -0.0322. The smallest absolute Gasteiger partial charge is 0.267 e. The zero-order chi connectivity index (χ0) is 23.4. The lowest BCUT2D eigenvalue weighted by Crippen LogP contribution is -2.47. The molecule has 1 aliphatic rings. The third kappa shape index (κ3) is 4.64. The molecule has 0 atom stereocenters. The molecule has 0 spiro atoms. The van der Waals surface area contributed by atoms with E-state index in [1.807, 2.05) is 37.3 Å². The molecule has 0 saturated carbocycles. The van der Waals surface area contributed by atoms with Crippen LogP contribution in [0.2, 0.25) is 0 Å². The fourth-order valence-corrected chi connectivity index (χ4v) is 4.05. The molecule has 2 aromatic heterocycles. The molecule has 1 fully saturated rings. The quantitative estimate of drug-likeness (QED) is 0.480. The van der Waals surface area contributed by atoms with Crippen molar-refractivity contribution >= 4 is 23.4 Å². The number of pyridine rings is 1. The number of carbonyl (C=O) groups excluding carboxylic acids is 1. The van der Waals surface area contributed by atoms with Gasteiger partial charge in [0.15, 0.2) is 0 Å². The van der Waals surface area contributed by atoms with Crippen molar-refractivity contribution in [1.82, 2.24) is 19.6 Å². The number of benzene rings is 1. The highest BCUT2D eigenvalue weighted by Crippen LogP contribution is 2.22. The first-order valence-corrected chi connectivity index (χ1v) is 10.9. The van der Waals surface area contributed by atoms with Crippen molar-refractivity contribution < 1.29 is 4.79 Å². The first-order chi connectivity index (χ1) is 16.0. The highest BCUT2D eigenvalue weighted by atomic mass is 16.1. The maximum absolute atomic E-state index is 13.4. The molecule has 1 amide bonds. The van der Waals surface area contributed by atoms with Crippen molar-refractivity contribution in [2.45, 2.75) is 13.5 Å². The summed E-state index contributed by atoms with van der Waals surface area (Å²) in [5.41, 5.74) is 2.52. The van der Waals surface area contributed by atoms with Crippen LogP contribution in [0.1, 0.15) is 16.7 Å². The summed E-state index contributed by atoms with van der Waals surface area (Å²) in [7, 11) is 1.45. The molecule has 33 heavy (non-hydrogen) atoms. The van der Waals surface area contributed by atoms with Crippen LogP contribution in [0.5, 0.6) is 0 Å². The topological polar surface area (TPSA) is 93.7 Å². The van der Waals surface area contributed by atoms with Gasteiger partial charge >= 0.3 is 0 Å². The predicted octanol–water partition coefficient (Wildman–Crippen LogP) is 1.98. The lowest BCUT2D eigenvalue weighted by atomic mass is 10.1. The van der Waals surface area contributed by atoms with E-state index in [-0.39, 0.29) is 16.7 Å². The van der Waals surface area contributed by atoms with E-state index in [1.165, 1.54) is 23.1 Å². The molecule has 0 aliphatic carbocycles. The van der Waals surface area contributed by atoms with Gasteiger partial charge in [-0.3, -0.25) is 18.9 Å². The minimum atomic E-state index is -0.537. The van der Waals surface area contributed by atoms with Gasteiger partial charge in [0.2, 0.25) is 0 Å². The van der Waals surface area contributed by atoms with Gasteiger partial charge < -0.3 is 10.2 Å². The van der Waals surface area contributed by atoms with Gasteiger partial charge in [0.25, 0.3) is 11.5 Å². The monoisotopic (exact) mass is 442 g/mol. The largest absolute Gasteiger partial charge is 0.354 e. The fraction of sp³-hybridized carbons (Fsp3) is 0.280. The number of rotatable bonds is 5. The number of aryl methyl sites for hydroxylation is 1. The van der Waals surface area contributed by atoms with Crippen LogP contribution in [0.15, 0.2) is 59.0 Å². The summed E-state index contributed by atoms with van der Waals surface area (Å²) in [6.07, 6.45) is 3.01. The van der Waals surface area contributed by atoms with Crippen LogP contribution in [-0.2, 0) is 11.3 Å². The number of aromatic nitrogens is 2. The van der Waals surface area contributed by atoms with Crippen molar-refractivity contribution in [1.29, 1.82) is 5.26 Å². The number of nitrogens with zero attached hydrogens (tertiary/aromatic N) is 5. The van der Waals surface area contributed by atoms with Crippen LogP contribution in [0, 0.1) is 18.3 Å². The van der Waals surface area contributed by atoms with Gasteiger partial charge in [-0.05, 0) is 30.2 Å². The number of hydrogen-bond donors (Lipinski definition) is 1. The summed E-state index contributed by atoms with van der Waals surface area (Å²) in [4.78, 5) is 34.8. The Kier molecular flexibility index (Phi) is 6.52. The lowest BCUT2D eigenvalue weighted by Gasteiger charge is -2.36. The fourth-order valence-electron chi connectivity index (χ4n) is 4.05. The Morgan fingerprint density at radius 3 is 2.55 bits per heavy atom. The van der Waals surface area contributed by atoms with E-state index in [0.29, 0.717) is 24.6 Å². The van der Waals surface area contributed by atoms with Crippen molar-refractivity contribution in [3.63, 3.8) is 0 Å². The number of likely N-dealkylation sites (N-methyl/N-ethyl adjacent to an activating group) is 1. The predicted molar refractivity (Wildman–Crippen MR) is 128 cm³/mol. The summed E-state index contributed by atoms with van der Waals surface area (Å²) < 4.78 is 1.47. The second kappa shape index (κ2) is 9.67. The van der Waals surface area contributed by atoms with Crippen molar-refractivity contribution in [3.8, 4) is 6.07 Å². The van der Waals surface area contributed by atoms with E-state index in [2.05, 4.69) is 27.2 Å². The van der Waals surface area contributed by atoms with E-state index < -0.39 is 5.91 Å². The normalized spacial score (nSPS) is 14.8. The Morgan fingerprint density at radius 1 is 1.15 bits per heavy atom. The summed E-state index contributed by atoms with van der Waals surface area (Å²) in [5, 5.41) is 11.9. The average molecular weight is 443 g/mol. The van der Waals surface area contributed by atoms with E-state index in [1.54, 1.807) is 12.3 Å². The zero-order valence-corrected chi connectivity index (χ0v) is 18.8. The van der Waals surface area contributed by atoms with Crippen molar-refractivity contribution in [2.75, 3.05) is 38.1 Å². The first-order valence-electron chi connectivity index (χ1n) is 10.9. The van der Waals surface area contributed by atoms with E-state index in [4.69, 9.17) is 4.98 Å². The molecular formula is C25H26N6O2. The van der Waals surface area contributed by atoms with Gasteiger partial charge in [0.05, 0.1) is 5.56 Å². The molecule has 1 saturated heterocycles. The highest BCUT2D eigenvalue weighted by molar-refractivity contribution is 6.02. The third-order valence-electron chi connectivity index (χ3n) is 5.87. The lowest BCUT2D eigenvalue weighted by molar-refractivity contribution is -0.116. The molecule has 3 heterocycles. The number of nitrogens with one attached hydrogen (secondary N) is 1. The molecule has 8 nitrogen and oxygen atoms in total. The Morgan fingerprint density at radius 2 is 1.88 bits per heavy atom. The molecule has 0 radical (unpaired) electrons. The Hall–Kier alpha value is -3.96. The molecule has 1 aliphatic heterocycles. The molecule has 4 rings (SSSR count). The maximum atomic E-state index is 13.4. The van der Waals surface area contributed by atoms with Crippen molar-refractivity contribution in [3.05, 3.63) is 81.3 Å². The minimum absolute atomic E-state index is 0.132. The molecule has 168 valence electrons. The number of nitriles is 1. The molecular weight excluding hydrogens is 416 g/mol. The van der Waals surface area contributed by atoms with Crippen LogP contribution in [0.25, 0.3) is 11.7 Å². The summed E-state index contributed by atoms with van der Waals surface area (Å²) in [6.45, 7) is 5.77. The zero-order valence-electron chi connectivity index (χ0n) is 18.8. The summed E-state index contributed by atoms with van der Waals surface area (Å²) in [6, 6.07) is 15.9. The maximum Gasteiger partial charge on any atom is 0.267 e. The number of anilines is 1. The molecule has 8 heteroatoms. The van der Waals surface area contributed by atoms with Crippen LogP contribution in [0.4, 0.5) is 5.82 Å². The van der Waals surface area contributed by atoms with E-state index in [9.17, 15) is 14.9 Å². The number of fused-ring (bicyclic) bond motifs is 1. The molecule has 1 aromatic carbocycles. The average Bonchev–Trinajstić information content (AvgIpc) is 2.84. The number of hydrogen-bond acceptors (Lipinski definition) is 6. The number of amides is 1. The highest BCUT2D eigenvalue weighted by Gasteiger charge is 2.24. The minimum Gasteiger partial charge on any atom is -0.354 e. The molecule has 0 unspecified atom stereocenters. The van der Waals surface area contributed by atoms with Crippen LogP contribution >= 0.6 is 0 Å². The molecule has 1 N–H and O–H groups in total. The van der Waals surface area contributed by atoms with Gasteiger partial charge in [0.1, 0.15) is 23.1 Å². The second-order valence-electron chi connectivity index (χ2n) is 8.04. The molecule has 3 aromatic rings. The van der Waals surface area contributed by atoms with Crippen molar-refractivity contribution in [2.24, 2.45) is 0 Å². The first kappa shape index (κ1) is 22.2. The van der Waals surface area contributed by atoms with E-state index in [0.717, 1.165) is 25.2 Å². The Labute approximate surface area is 192 Å². The number of piperazine rings is 1. The molecule has 0 bridgehead atoms. The Bertz CT molecular complexity index is 1300. The third-order valence-corrected chi connectivity index (χ3v) is 5.87. The van der Waals surface area contributed by atoms with Gasteiger partial charge in [0, 0.05) is 46.0 Å². The van der Waals surface area contributed by atoms with Crippen LogP contribution in [0.3, 0.4) is 0 Å². The van der Waals surface area contributed by atoms with Crippen LogP contribution in [-0.4, -0.2) is 53.4 Å². The number of carbonyl (C=O) groups is 1. The van der Waals surface area contributed by atoms with Gasteiger partial charge in [-0.15, -0.1) is 0 Å². The van der Waals surface area contributed by atoms with Gasteiger partial charge in [-0.1, -0.05) is 36.4 Å². The van der Waals surface area contributed by atoms with E-state index >= 15 is 0 Å². The standard InChI is InChI=1S/C25H26N6O2/c1-18-7-6-10-31-22(18)28-23(21(25(31)33)15-20(16-26)24(32)27-2)30-13-11-29(12-14-30)17-19-8-4-3-5-9-19/h3-10,15H,11-14,17H2,1-2H3,(H,27,32)/b20-15+. The van der Waals surface area contributed by atoms with Gasteiger partial charge in [-0.2, -0.15) is 5.26 Å².